The second-order valence-corrected chi connectivity index (χ2v) is 9.68. The smallest absolute Gasteiger partial charge is 0.347 e. The molecule has 1 aliphatic rings. The van der Waals surface area contributed by atoms with Crippen LogP contribution in [0, 0.1) is 0 Å². The van der Waals surface area contributed by atoms with E-state index in [9.17, 15) is 22.8 Å². The first-order valence-corrected chi connectivity index (χ1v) is 11.8. The van der Waals surface area contributed by atoms with E-state index in [-0.39, 0.29) is 24.1 Å². The van der Waals surface area contributed by atoms with Crippen molar-refractivity contribution in [1.29, 1.82) is 0 Å². The van der Waals surface area contributed by atoms with Crippen LogP contribution in [0.2, 0.25) is 0 Å². The van der Waals surface area contributed by atoms with Crippen molar-refractivity contribution in [3.05, 3.63) is 59.7 Å². The Bertz CT molecular complexity index is 1100. The number of rotatable bonds is 7. The van der Waals surface area contributed by atoms with Crippen LogP contribution in [0.1, 0.15) is 30.0 Å². The SMILES string of the molecule is O=C(CSc1nc2ccccc2s1)NC(CN1CCCC1=O)c1cccc(C(F)(F)F)c1. The van der Waals surface area contributed by atoms with Gasteiger partial charge in [0.25, 0.3) is 0 Å². The van der Waals surface area contributed by atoms with E-state index in [2.05, 4.69) is 10.3 Å². The van der Waals surface area contributed by atoms with Crippen molar-refractivity contribution in [2.45, 2.75) is 29.4 Å². The van der Waals surface area contributed by atoms with Crippen molar-refractivity contribution in [2.75, 3.05) is 18.8 Å². The van der Waals surface area contributed by atoms with Gasteiger partial charge in [0.15, 0.2) is 4.34 Å². The fraction of sp³-hybridized carbons (Fsp3) is 0.318. The molecule has 168 valence electrons. The lowest BCUT2D eigenvalue weighted by Crippen LogP contribution is -2.39. The number of fused-ring (bicyclic) bond motifs is 1. The van der Waals surface area contributed by atoms with E-state index < -0.39 is 17.8 Å². The number of nitrogens with one attached hydrogen (secondary N) is 1. The molecule has 1 aliphatic heterocycles. The third kappa shape index (κ3) is 5.42. The van der Waals surface area contributed by atoms with Gasteiger partial charge in [-0.15, -0.1) is 11.3 Å². The molecule has 2 heterocycles. The molecule has 3 aromatic rings. The van der Waals surface area contributed by atoms with Crippen LogP contribution >= 0.6 is 23.1 Å². The van der Waals surface area contributed by atoms with Gasteiger partial charge in [-0.25, -0.2) is 4.98 Å². The number of para-hydroxylation sites is 1. The maximum Gasteiger partial charge on any atom is 0.416 e. The molecule has 0 aliphatic carbocycles. The van der Waals surface area contributed by atoms with Crippen LogP contribution in [0.15, 0.2) is 52.9 Å². The second kappa shape index (κ2) is 9.50. The summed E-state index contributed by atoms with van der Waals surface area (Å²) in [6.45, 7) is 0.669. The van der Waals surface area contributed by atoms with Crippen LogP contribution in [-0.2, 0) is 15.8 Å². The minimum atomic E-state index is -4.49. The molecule has 0 spiro atoms. The van der Waals surface area contributed by atoms with Gasteiger partial charge in [0, 0.05) is 19.5 Å². The van der Waals surface area contributed by atoms with E-state index in [1.54, 1.807) is 11.0 Å². The topological polar surface area (TPSA) is 62.3 Å². The number of nitrogens with zero attached hydrogens (tertiary/aromatic N) is 2. The highest BCUT2D eigenvalue weighted by Crippen LogP contribution is 2.32. The van der Waals surface area contributed by atoms with Crippen LogP contribution in [0.4, 0.5) is 13.2 Å². The summed E-state index contributed by atoms with van der Waals surface area (Å²) < 4.78 is 41.3. The molecule has 0 radical (unpaired) electrons. The monoisotopic (exact) mass is 479 g/mol. The Labute approximate surface area is 191 Å². The van der Waals surface area contributed by atoms with Crippen LogP contribution in [0.5, 0.6) is 0 Å². The summed E-state index contributed by atoms with van der Waals surface area (Å²) in [5.74, 6) is -0.313. The molecule has 10 heteroatoms. The zero-order chi connectivity index (χ0) is 22.7. The molecule has 32 heavy (non-hydrogen) atoms. The number of aromatic nitrogens is 1. The van der Waals surface area contributed by atoms with Crippen molar-refractivity contribution >= 4 is 45.1 Å². The number of amides is 2. The van der Waals surface area contributed by atoms with E-state index in [4.69, 9.17) is 0 Å². The van der Waals surface area contributed by atoms with Crippen molar-refractivity contribution in [1.82, 2.24) is 15.2 Å². The van der Waals surface area contributed by atoms with Crippen LogP contribution in [-0.4, -0.2) is 40.5 Å². The van der Waals surface area contributed by atoms with E-state index >= 15 is 0 Å². The number of likely N-dealkylation sites (tertiary alicyclic amines) is 1. The number of hydrogen-bond donors (Lipinski definition) is 1. The summed E-state index contributed by atoms with van der Waals surface area (Å²) in [7, 11) is 0. The van der Waals surface area contributed by atoms with Gasteiger partial charge < -0.3 is 10.2 Å². The third-order valence-electron chi connectivity index (χ3n) is 5.13. The number of benzene rings is 2. The zero-order valence-corrected chi connectivity index (χ0v) is 18.5. The minimum absolute atomic E-state index is 0.0555. The summed E-state index contributed by atoms with van der Waals surface area (Å²) in [5.41, 5.74) is 0.388. The molecule has 0 bridgehead atoms. The maximum atomic E-state index is 13.2. The Hall–Kier alpha value is -2.59. The fourth-order valence-electron chi connectivity index (χ4n) is 3.56. The molecule has 1 N–H and O–H groups in total. The van der Waals surface area contributed by atoms with Gasteiger partial charge in [-0.2, -0.15) is 13.2 Å². The quantitative estimate of drug-likeness (QED) is 0.491. The predicted molar refractivity (Wildman–Crippen MR) is 118 cm³/mol. The van der Waals surface area contributed by atoms with Crippen LogP contribution < -0.4 is 5.32 Å². The average molecular weight is 480 g/mol. The van der Waals surface area contributed by atoms with E-state index in [0.29, 0.717) is 24.9 Å². The molecule has 5 nitrogen and oxygen atoms in total. The lowest BCUT2D eigenvalue weighted by Gasteiger charge is -2.25. The third-order valence-corrected chi connectivity index (χ3v) is 7.31. The molecule has 1 saturated heterocycles. The Kier molecular flexibility index (Phi) is 6.71. The highest BCUT2D eigenvalue weighted by atomic mass is 32.2. The number of carbonyl (C=O) groups excluding carboxylic acids is 2. The van der Waals surface area contributed by atoms with Gasteiger partial charge in [0.1, 0.15) is 0 Å². The molecule has 1 aromatic heterocycles. The highest BCUT2D eigenvalue weighted by Gasteiger charge is 2.32. The number of thiazole rings is 1. The first-order chi connectivity index (χ1) is 15.3. The van der Waals surface area contributed by atoms with Gasteiger partial charge in [-0.3, -0.25) is 9.59 Å². The summed E-state index contributed by atoms with van der Waals surface area (Å²) >= 11 is 2.76. The molecular formula is C22H20F3N3O2S2. The lowest BCUT2D eigenvalue weighted by atomic mass is 10.0. The minimum Gasteiger partial charge on any atom is -0.347 e. The van der Waals surface area contributed by atoms with E-state index in [0.717, 1.165) is 26.7 Å². The number of halogens is 3. The lowest BCUT2D eigenvalue weighted by molar-refractivity contribution is -0.137. The van der Waals surface area contributed by atoms with E-state index in [1.807, 2.05) is 24.3 Å². The molecule has 4 rings (SSSR count). The first-order valence-electron chi connectivity index (χ1n) is 10.0. The predicted octanol–water partition coefficient (Wildman–Crippen LogP) is 4.89. The number of alkyl halides is 3. The number of hydrogen-bond acceptors (Lipinski definition) is 5. The highest BCUT2D eigenvalue weighted by molar-refractivity contribution is 8.01. The van der Waals surface area contributed by atoms with Gasteiger partial charge in [-0.05, 0) is 36.2 Å². The summed E-state index contributed by atoms with van der Waals surface area (Å²) in [5, 5.41) is 2.82. The van der Waals surface area contributed by atoms with Crippen molar-refractivity contribution in [3.63, 3.8) is 0 Å². The Morgan fingerprint density at radius 2 is 2.03 bits per heavy atom. The number of thioether (sulfide) groups is 1. The summed E-state index contributed by atoms with van der Waals surface area (Å²) in [6, 6.07) is 11.8. The normalized spacial score (nSPS) is 15.3. The van der Waals surface area contributed by atoms with Crippen molar-refractivity contribution in [2.24, 2.45) is 0 Å². The maximum absolute atomic E-state index is 13.2. The molecule has 2 aromatic carbocycles. The van der Waals surface area contributed by atoms with Gasteiger partial charge >= 0.3 is 6.18 Å². The van der Waals surface area contributed by atoms with Gasteiger partial charge in [0.05, 0.1) is 27.6 Å². The van der Waals surface area contributed by atoms with Crippen molar-refractivity contribution in [3.8, 4) is 0 Å². The standard InChI is InChI=1S/C22H20F3N3O2S2/c23-22(24,25)15-6-3-5-14(11-15)17(12-28-10-4-9-20(28)30)26-19(29)13-31-21-27-16-7-1-2-8-18(16)32-21/h1-3,5-8,11,17H,4,9-10,12-13H2,(H,26,29). The zero-order valence-electron chi connectivity index (χ0n) is 16.9. The average Bonchev–Trinajstić information content (AvgIpc) is 3.37. The Balaban J connectivity index is 1.47. The molecule has 1 unspecified atom stereocenters. The summed E-state index contributed by atoms with van der Waals surface area (Å²) in [4.78, 5) is 30.8. The van der Waals surface area contributed by atoms with Crippen LogP contribution in [0.3, 0.4) is 0 Å². The first kappa shape index (κ1) is 22.6. The largest absolute Gasteiger partial charge is 0.416 e. The molecule has 0 saturated carbocycles. The second-order valence-electron chi connectivity index (χ2n) is 7.42. The van der Waals surface area contributed by atoms with Crippen LogP contribution in [0.25, 0.3) is 10.2 Å². The van der Waals surface area contributed by atoms with Gasteiger partial charge in [0.2, 0.25) is 11.8 Å². The summed E-state index contributed by atoms with van der Waals surface area (Å²) in [6.07, 6.45) is -3.37. The van der Waals surface area contributed by atoms with Gasteiger partial charge in [-0.1, -0.05) is 36.0 Å². The molecule has 1 atom stereocenters. The molecule has 2 amide bonds. The Morgan fingerprint density at radius 3 is 2.75 bits per heavy atom. The molecular weight excluding hydrogens is 459 g/mol. The Morgan fingerprint density at radius 1 is 1.22 bits per heavy atom. The molecule has 1 fully saturated rings. The fourth-order valence-corrected chi connectivity index (χ4v) is 5.44. The van der Waals surface area contributed by atoms with Crippen molar-refractivity contribution < 1.29 is 22.8 Å². The van der Waals surface area contributed by atoms with E-state index in [1.165, 1.54) is 29.2 Å². The number of carbonyl (C=O) groups is 2.